The molecule has 0 spiro atoms. The van der Waals surface area contributed by atoms with Crippen LogP contribution < -0.4 is 0 Å². The number of hydrogen-bond donors (Lipinski definition) is 6. The second-order valence-corrected chi connectivity index (χ2v) is 27.6. The van der Waals surface area contributed by atoms with Crippen LogP contribution in [-0.4, -0.2) is 107 Å². The molecule has 4 bridgehead atoms. The summed E-state index contributed by atoms with van der Waals surface area (Å²) in [7, 11) is -22.3. The smallest absolute Gasteiger partial charge is 0.375 e. The van der Waals surface area contributed by atoms with Crippen molar-refractivity contribution in [1.29, 1.82) is 0 Å². The molecule has 0 aromatic heterocycles. The van der Waals surface area contributed by atoms with Gasteiger partial charge in [-0.2, -0.15) is 0 Å². The van der Waals surface area contributed by atoms with E-state index in [9.17, 15) is 28.8 Å². The molecule has 3 aliphatic heterocycles. The van der Waals surface area contributed by atoms with Gasteiger partial charge in [-0.1, -0.05) is 21.6 Å². The zero-order chi connectivity index (χ0) is 25.8. The Morgan fingerprint density at radius 3 is 1.37 bits per heavy atom. The summed E-state index contributed by atoms with van der Waals surface area (Å²) in [6.07, 6.45) is 0.937. The van der Waals surface area contributed by atoms with Crippen LogP contribution in [0.3, 0.4) is 0 Å². The van der Waals surface area contributed by atoms with Gasteiger partial charge < -0.3 is 66.4 Å². The van der Waals surface area contributed by atoms with Crippen LogP contribution in [0.15, 0.2) is 0 Å². The molecule has 3 aliphatic rings. The molecule has 15 nitrogen and oxygen atoms in total. The molecule has 206 valence electrons. The van der Waals surface area contributed by atoms with E-state index in [1.54, 1.807) is 55.1 Å². The van der Waals surface area contributed by atoms with Crippen LogP contribution in [0, 0.1) is 0 Å². The van der Waals surface area contributed by atoms with E-state index in [0.29, 0.717) is 24.3 Å². The summed E-state index contributed by atoms with van der Waals surface area (Å²) in [5.41, 5.74) is 0. The summed E-state index contributed by atoms with van der Waals surface area (Å²) in [6, 6.07) is 0.149. The summed E-state index contributed by atoms with van der Waals surface area (Å²) >= 11 is 0. The first-order valence-corrected chi connectivity index (χ1v) is 26.2. The second-order valence-electron chi connectivity index (χ2n) is 7.08. The average molecular weight is 685 g/mol. The Balaban J connectivity index is 1.96. The van der Waals surface area contributed by atoms with Gasteiger partial charge in [-0.15, -0.1) is 0 Å². The van der Waals surface area contributed by atoms with E-state index >= 15 is 0 Å². The van der Waals surface area contributed by atoms with E-state index in [0.717, 1.165) is 0 Å². The zero-order valence-corrected chi connectivity index (χ0v) is 27.9. The molecule has 0 radical (unpaired) electrons. The minimum Gasteiger partial charge on any atom is -0.375 e. The Bertz CT molecular complexity index is 665. The number of hydrogen-bond acceptors (Lipinski definition) is 19. The lowest BCUT2D eigenvalue weighted by Crippen LogP contribution is -2.79. The largest absolute Gasteiger partial charge is 0.660 e. The third-order valence-corrected chi connectivity index (χ3v) is 29.6. The first-order valence-electron chi connectivity index (χ1n) is 10.4. The topological polar surface area (TPSA) is 204 Å². The fraction of sp³-hybridized carbons (Fsp3) is 1.00. The Morgan fingerprint density at radius 1 is 0.600 bits per heavy atom. The van der Waals surface area contributed by atoms with Gasteiger partial charge in [-0.25, -0.2) is 0 Å². The standard InChI is InChI=1S/C10H28O15S4Si6/c1-3-17-30-9-5-7-26-28-29-27-8-6-10-31(18-4-2)20-33(13,14)24-35(16,22-31)25-34(15,21-30)23-32(11,12)19-30/h11-16H,3-10H2,1-2H3. The third-order valence-electron chi connectivity index (χ3n) is 4.20. The van der Waals surface area contributed by atoms with Crippen molar-refractivity contribution in [1.82, 2.24) is 0 Å². The van der Waals surface area contributed by atoms with Crippen molar-refractivity contribution in [3.8, 4) is 0 Å². The highest BCUT2D eigenvalue weighted by molar-refractivity contribution is 9.26. The fourth-order valence-corrected chi connectivity index (χ4v) is 30.6. The summed E-state index contributed by atoms with van der Waals surface area (Å²) in [5, 5.41) is 0. The Morgan fingerprint density at radius 2 is 1.00 bits per heavy atom. The maximum absolute atomic E-state index is 11.1. The van der Waals surface area contributed by atoms with E-state index in [4.69, 9.17) is 37.7 Å². The average Bonchev–Trinajstić information content (AvgIpc) is 2.65. The lowest BCUT2D eigenvalue weighted by atomic mass is 10.6. The van der Waals surface area contributed by atoms with E-state index in [1.165, 1.54) is 0 Å². The van der Waals surface area contributed by atoms with Gasteiger partial charge in [0.25, 0.3) is 0 Å². The van der Waals surface area contributed by atoms with Crippen molar-refractivity contribution in [2.24, 2.45) is 0 Å². The molecular weight excluding hydrogens is 657 g/mol. The monoisotopic (exact) mass is 684 g/mol. The molecule has 0 amide bonds. The van der Waals surface area contributed by atoms with Crippen molar-refractivity contribution in [3.63, 3.8) is 0 Å². The molecule has 35 heavy (non-hydrogen) atoms. The molecule has 3 rings (SSSR count). The maximum Gasteiger partial charge on any atom is 0.660 e. The molecule has 25 heteroatoms. The molecular formula is C10H28O15S4Si6. The molecule has 6 N–H and O–H groups in total. The van der Waals surface area contributed by atoms with Crippen LogP contribution in [-0.2, 0) is 37.7 Å². The Kier molecular flexibility index (Phi) is 11.5. The van der Waals surface area contributed by atoms with Gasteiger partial charge in [0.2, 0.25) is 0 Å². The van der Waals surface area contributed by atoms with Crippen LogP contribution in [0.4, 0.5) is 0 Å². The van der Waals surface area contributed by atoms with E-state index in [2.05, 4.69) is 0 Å². The Hall–Kier alpha value is 2.10. The lowest BCUT2D eigenvalue weighted by molar-refractivity contribution is -0.0635. The van der Waals surface area contributed by atoms with Crippen LogP contribution in [0.1, 0.15) is 26.7 Å². The molecule has 0 aliphatic carbocycles. The highest BCUT2D eigenvalue weighted by Gasteiger charge is 2.76. The summed E-state index contributed by atoms with van der Waals surface area (Å²) in [4.78, 5) is 63.5. The second kappa shape index (κ2) is 12.7. The van der Waals surface area contributed by atoms with Crippen molar-refractivity contribution >= 4 is 95.0 Å². The Labute approximate surface area is 223 Å². The summed E-state index contributed by atoms with van der Waals surface area (Å²) in [6.45, 7) is 3.33. The molecule has 3 saturated heterocycles. The van der Waals surface area contributed by atoms with Crippen LogP contribution in [0.25, 0.3) is 0 Å². The maximum atomic E-state index is 11.1. The minimum absolute atomic E-state index is 0.0434. The van der Waals surface area contributed by atoms with Gasteiger partial charge >= 0.3 is 53.8 Å². The van der Waals surface area contributed by atoms with Crippen molar-refractivity contribution < 1.29 is 66.4 Å². The number of rotatable bonds is 4. The molecule has 4 unspecified atom stereocenters. The predicted molar refractivity (Wildman–Crippen MR) is 138 cm³/mol. The quantitative estimate of drug-likeness (QED) is 0.159. The fourth-order valence-electron chi connectivity index (χ4n) is 3.21. The first-order chi connectivity index (χ1) is 16.3. The van der Waals surface area contributed by atoms with Gasteiger partial charge in [-0.05, 0) is 46.3 Å². The van der Waals surface area contributed by atoms with Crippen molar-refractivity contribution in [2.45, 2.75) is 38.8 Å². The summed E-state index contributed by atoms with van der Waals surface area (Å²) in [5.74, 6) is 1.28. The highest BCUT2D eigenvalue weighted by Crippen LogP contribution is 2.45. The molecule has 0 aromatic rings. The van der Waals surface area contributed by atoms with E-state index in [-0.39, 0.29) is 25.3 Å². The molecule has 3 fully saturated rings. The van der Waals surface area contributed by atoms with E-state index in [1.807, 2.05) is 0 Å². The third kappa shape index (κ3) is 9.32. The van der Waals surface area contributed by atoms with Crippen LogP contribution >= 0.6 is 41.2 Å². The first kappa shape index (κ1) is 31.6. The van der Waals surface area contributed by atoms with Crippen molar-refractivity contribution in [2.75, 3.05) is 24.7 Å². The molecule has 0 aromatic carbocycles. The summed E-state index contributed by atoms with van der Waals surface area (Å²) < 4.78 is 48.1. The number of fused-ring (bicyclic) bond motifs is 4. The lowest BCUT2D eigenvalue weighted by Gasteiger charge is -2.47. The minimum atomic E-state index is -5.21. The van der Waals surface area contributed by atoms with Gasteiger partial charge in [0, 0.05) is 36.8 Å². The predicted octanol–water partition coefficient (Wildman–Crippen LogP) is -0.752. The van der Waals surface area contributed by atoms with Crippen LogP contribution in [0.5, 0.6) is 0 Å². The van der Waals surface area contributed by atoms with Gasteiger partial charge in [0.05, 0.1) is 0 Å². The van der Waals surface area contributed by atoms with Crippen molar-refractivity contribution in [3.05, 3.63) is 0 Å². The molecule has 4 atom stereocenters. The molecule has 3 heterocycles. The normalized spacial score (nSPS) is 41.1. The molecule has 0 saturated carbocycles. The zero-order valence-electron chi connectivity index (χ0n) is 18.6. The van der Waals surface area contributed by atoms with Gasteiger partial charge in [0.1, 0.15) is 0 Å². The van der Waals surface area contributed by atoms with Gasteiger partial charge in [0.15, 0.2) is 0 Å². The van der Waals surface area contributed by atoms with Gasteiger partial charge in [-0.3, -0.25) is 0 Å². The van der Waals surface area contributed by atoms with E-state index < -0.39 is 53.8 Å². The highest BCUT2D eigenvalue weighted by atomic mass is 33.7. The van der Waals surface area contributed by atoms with Crippen LogP contribution in [0.2, 0.25) is 12.1 Å². The SMILES string of the molecule is CCO[Si]12CCCSSSSCCC[Si]3(OCC)O[Si](O)(O)O[Si](O)(O[Si](O)(O[Si](O)(O)O1)O2)O3.